The molecule has 1 rings (SSSR count). The number of ketones is 3. The number of aliphatic hydroxyl groups is 1. The predicted molar refractivity (Wildman–Crippen MR) is 143 cm³/mol. The molecule has 1 heterocycles. The van der Waals surface area contributed by atoms with Crippen molar-refractivity contribution in [3.05, 3.63) is 0 Å². The third-order valence-corrected chi connectivity index (χ3v) is 8.35. The Labute approximate surface area is 219 Å². The van der Waals surface area contributed by atoms with Crippen LogP contribution in [0.2, 0.25) is 0 Å². The molecule has 0 unspecified atom stereocenters. The molecule has 0 aromatic carbocycles. The molecule has 210 valence electrons. The van der Waals surface area contributed by atoms with Gasteiger partial charge in [-0.25, -0.2) is 0 Å². The van der Waals surface area contributed by atoms with Gasteiger partial charge in [-0.2, -0.15) is 0 Å². The summed E-state index contributed by atoms with van der Waals surface area (Å²) < 4.78 is 11.9. The smallest absolute Gasteiger partial charge is 0.185 e. The van der Waals surface area contributed by atoms with Gasteiger partial charge in [0.1, 0.15) is 23.5 Å². The van der Waals surface area contributed by atoms with Crippen LogP contribution in [-0.2, 0) is 23.9 Å². The van der Waals surface area contributed by atoms with Gasteiger partial charge >= 0.3 is 0 Å². The molecule has 0 saturated carbocycles. The molecule has 1 fully saturated rings. The van der Waals surface area contributed by atoms with Gasteiger partial charge in [-0.3, -0.25) is 14.4 Å². The zero-order chi connectivity index (χ0) is 27.7. The Morgan fingerprint density at radius 2 is 1.58 bits per heavy atom. The normalized spacial score (nSPS) is 27.7. The molecular weight excluding hydrogens is 458 g/mol. The van der Waals surface area contributed by atoms with E-state index in [1.165, 1.54) is 0 Å². The number of carbonyl (C=O) groups is 3. The van der Waals surface area contributed by atoms with Crippen molar-refractivity contribution in [2.75, 3.05) is 14.1 Å². The van der Waals surface area contributed by atoms with E-state index < -0.39 is 30.3 Å². The number of hydrogen-bond acceptors (Lipinski definition) is 7. The van der Waals surface area contributed by atoms with E-state index in [0.717, 1.165) is 25.7 Å². The maximum absolute atomic E-state index is 13.2. The third kappa shape index (κ3) is 9.30. The summed E-state index contributed by atoms with van der Waals surface area (Å²) in [6.45, 7) is 15.2. The van der Waals surface area contributed by atoms with Crippen LogP contribution in [0.3, 0.4) is 0 Å². The average Bonchev–Trinajstić information content (AvgIpc) is 2.85. The quantitative estimate of drug-likeness (QED) is 0.301. The van der Waals surface area contributed by atoms with Gasteiger partial charge < -0.3 is 19.5 Å². The lowest BCUT2D eigenvalue weighted by Crippen LogP contribution is -2.55. The number of aliphatic hydroxyl groups excluding tert-OH is 1. The first kappa shape index (κ1) is 32.9. The monoisotopic (exact) mass is 511 g/mol. The van der Waals surface area contributed by atoms with E-state index in [1.807, 2.05) is 46.7 Å². The van der Waals surface area contributed by atoms with Crippen molar-refractivity contribution >= 4 is 17.3 Å². The Hall–Kier alpha value is -1.15. The number of likely N-dealkylation sites (N-methyl/N-ethyl adjacent to an activating group) is 1. The van der Waals surface area contributed by atoms with E-state index in [2.05, 4.69) is 6.92 Å². The number of carbonyl (C=O) groups excluding carboxylic acids is 3. The van der Waals surface area contributed by atoms with Gasteiger partial charge in [0, 0.05) is 30.2 Å². The molecule has 36 heavy (non-hydrogen) atoms. The van der Waals surface area contributed by atoms with Crippen molar-refractivity contribution in [2.45, 2.75) is 125 Å². The Kier molecular flexibility index (Phi) is 14.0. The van der Waals surface area contributed by atoms with Crippen LogP contribution in [0, 0.1) is 29.6 Å². The minimum Gasteiger partial charge on any atom is -0.386 e. The van der Waals surface area contributed by atoms with Crippen LogP contribution < -0.4 is 0 Å². The predicted octanol–water partition coefficient (Wildman–Crippen LogP) is 4.68. The maximum atomic E-state index is 13.2. The molecule has 0 aliphatic carbocycles. The topological polar surface area (TPSA) is 93.1 Å². The van der Waals surface area contributed by atoms with Gasteiger partial charge in [-0.15, -0.1) is 0 Å². The SMILES string of the molecule is CC[C@H](CC[C@@H](C)C(=O)[C@H](C)CC)CC(=O)[C@H](C)C(=O)[C@H](C)[C@H](C)O[C@@H]1O[C@H](C)C[C@H](N(C)C)[C@H]1O. The van der Waals surface area contributed by atoms with Gasteiger partial charge in [0.15, 0.2) is 6.29 Å². The Morgan fingerprint density at radius 3 is 2.11 bits per heavy atom. The first-order valence-electron chi connectivity index (χ1n) is 14.0. The van der Waals surface area contributed by atoms with E-state index in [4.69, 9.17) is 9.47 Å². The number of Topliss-reactive ketones (excluding diaryl/α,β-unsaturated/α-hetero) is 3. The van der Waals surface area contributed by atoms with Crippen molar-refractivity contribution in [1.29, 1.82) is 0 Å². The molecule has 0 amide bonds. The molecule has 0 radical (unpaired) electrons. The fourth-order valence-electron chi connectivity index (χ4n) is 5.00. The molecule has 1 saturated heterocycles. The van der Waals surface area contributed by atoms with Crippen LogP contribution in [0.1, 0.15) is 93.9 Å². The second-order valence-electron chi connectivity index (χ2n) is 11.5. The number of hydrogen-bond donors (Lipinski definition) is 1. The molecule has 7 heteroatoms. The highest BCUT2D eigenvalue weighted by molar-refractivity contribution is 6.03. The van der Waals surface area contributed by atoms with E-state index in [-0.39, 0.29) is 41.5 Å². The lowest BCUT2D eigenvalue weighted by atomic mass is 9.82. The molecule has 0 aromatic heterocycles. The molecule has 7 nitrogen and oxygen atoms in total. The maximum Gasteiger partial charge on any atom is 0.185 e. The fourth-order valence-corrected chi connectivity index (χ4v) is 5.00. The molecule has 0 aromatic rings. The summed E-state index contributed by atoms with van der Waals surface area (Å²) in [7, 11) is 3.83. The minimum atomic E-state index is -0.820. The highest BCUT2D eigenvalue weighted by Crippen LogP contribution is 2.28. The largest absolute Gasteiger partial charge is 0.386 e. The van der Waals surface area contributed by atoms with E-state index >= 15 is 0 Å². The average molecular weight is 512 g/mol. The van der Waals surface area contributed by atoms with Crippen LogP contribution in [0.5, 0.6) is 0 Å². The van der Waals surface area contributed by atoms with Crippen LogP contribution in [-0.4, -0.2) is 72.1 Å². The van der Waals surface area contributed by atoms with Crippen LogP contribution in [0.25, 0.3) is 0 Å². The highest BCUT2D eigenvalue weighted by atomic mass is 16.7. The summed E-state index contributed by atoms with van der Waals surface area (Å²) in [5.74, 6) is -0.904. The molecule has 10 atom stereocenters. The van der Waals surface area contributed by atoms with Gasteiger partial charge in [0.25, 0.3) is 0 Å². The molecule has 0 bridgehead atoms. The standard InChI is InChI=1S/C29H53NO6/c1-11-17(3)26(32)18(4)13-14-23(12-2)16-25(31)21(7)27(33)20(6)22(8)36-29-28(34)24(30(9)10)15-19(5)35-29/h17-24,28-29,34H,11-16H2,1-10H3/t17-,18-,19-,20-,21+,22+,23-,24+,28-,29+/m1/s1. The second-order valence-corrected chi connectivity index (χ2v) is 11.5. The molecule has 1 aliphatic heterocycles. The summed E-state index contributed by atoms with van der Waals surface area (Å²) >= 11 is 0. The Bertz CT molecular complexity index is 710. The zero-order valence-corrected chi connectivity index (χ0v) is 24.5. The lowest BCUT2D eigenvalue weighted by molar-refractivity contribution is -0.269. The summed E-state index contributed by atoms with van der Waals surface area (Å²) in [6, 6.07) is -0.0911. The fraction of sp³-hybridized carbons (Fsp3) is 0.897. The van der Waals surface area contributed by atoms with Gasteiger partial charge in [0.2, 0.25) is 0 Å². The summed E-state index contributed by atoms with van der Waals surface area (Å²) in [6.07, 6.45) is 2.11. The number of rotatable bonds is 16. The van der Waals surface area contributed by atoms with Crippen LogP contribution in [0.15, 0.2) is 0 Å². The minimum absolute atomic E-state index is 0.00616. The van der Waals surface area contributed by atoms with Crippen molar-refractivity contribution in [2.24, 2.45) is 29.6 Å². The van der Waals surface area contributed by atoms with Gasteiger partial charge in [-0.05, 0) is 66.5 Å². The summed E-state index contributed by atoms with van der Waals surface area (Å²) in [5.41, 5.74) is 0. The third-order valence-electron chi connectivity index (χ3n) is 8.35. The van der Waals surface area contributed by atoms with E-state index in [9.17, 15) is 19.5 Å². The summed E-state index contributed by atoms with van der Waals surface area (Å²) in [4.78, 5) is 40.6. The molecule has 0 spiro atoms. The zero-order valence-electron chi connectivity index (χ0n) is 24.5. The van der Waals surface area contributed by atoms with Crippen LogP contribution in [0.4, 0.5) is 0 Å². The highest BCUT2D eigenvalue weighted by Gasteiger charge is 2.40. The van der Waals surface area contributed by atoms with E-state index in [1.54, 1.807) is 20.8 Å². The van der Waals surface area contributed by atoms with Crippen molar-refractivity contribution in [3.63, 3.8) is 0 Å². The van der Waals surface area contributed by atoms with Crippen molar-refractivity contribution < 1.29 is 29.0 Å². The first-order chi connectivity index (χ1) is 16.7. The van der Waals surface area contributed by atoms with Crippen molar-refractivity contribution in [3.8, 4) is 0 Å². The molecule has 1 N–H and O–H groups in total. The lowest BCUT2D eigenvalue weighted by Gasteiger charge is -2.42. The van der Waals surface area contributed by atoms with Crippen molar-refractivity contribution in [1.82, 2.24) is 4.90 Å². The van der Waals surface area contributed by atoms with Gasteiger partial charge in [0.05, 0.1) is 18.1 Å². The van der Waals surface area contributed by atoms with Gasteiger partial charge in [-0.1, -0.05) is 41.0 Å². The Morgan fingerprint density at radius 1 is 0.972 bits per heavy atom. The Balaban J connectivity index is 2.67. The molecular formula is C29H53NO6. The number of nitrogens with zero attached hydrogens (tertiary/aromatic N) is 1. The second kappa shape index (κ2) is 15.3. The summed E-state index contributed by atoms with van der Waals surface area (Å²) in [5, 5.41) is 10.7. The number of ether oxygens (including phenoxy) is 2. The molecule has 1 aliphatic rings. The first-order valence-corrected chi connectivity index (χ1v) is 14.0. The van der Waals surface area contributed by atoms with E-state index in [0.29, 0.717) is 18.6 Å². The van der Waals surface area contributed by atoms with Crippen LogP contribution >= 0.6 is 0 Å².